The van der Waals surface area contributed by atoms with Gasteiger partial charge in [0.15, 0.2) is 0 Å². The third-order valence-corrected chi connectivity index (χ3v) is 2.74. The SMILES string of the molecule is CC(C)(NC(=O)Nc1ccn[nH]1)c1ccc(F)cc1. The molecule has 0 atom stereocenters. The standard InChI is InChI=1S/C13H15FN4O/c1-13(2,9-3-5-10(14)6-4-9)17-12(19)16-11-7-8-15-18-11/h3-8H,1-2H3,(H3,15,16,17,18,19). The molecule has 0 radical (unpaired) electrons. The largest absolute Gasteiger partial charge is 0.329 e. The molecule has 2 aromatic rings. The number of nitrogens with one attached hydrogen (secondary N) is 3. The molecule has 0 bridgehead atoms. The Labute approximate surface area is 110 Å². The number of halogens is 1. The minimum absolute atomic E-state index is 0.304. The second kappa shape index (κ2) is 5.09. The summed E-state index contributed by atoms with van der Waals surface area (Å²) in [6.07, 6.45) is 1.54. The van der Waals surface area contributed by atoms with Gasteiger partial charge in [-0.2, -0.15) is 5.10 Å². The summed E-state index contributed by atoms with van der Waals surface area (Å²) in [5, 5.41) is 11.8. The van der Waals surface area contributed by atoms with Gasteiger partial charge in [-0.05, 0) is 31.5 Å². The van der Waals surface area contributed by atoms with E-state index in [1.807, 2.05) is 13.8 Å². The van der Waals surface area contributed by atoms with Crippen molar-refractivity contribution in [2.24, 2.45) is 0 Å². The van der Waals surface area contributed by atoms with Gasteiger partial charge in [0, 0.05) is 6.07 Å². The molecular weight excluding hydrogens is 247 g/mol. The zero-order valence-electron chi connectivity index (χ0n) is 10.7. The Morgan fingerprint density at radius 1 is 1.26 bits per heavy atom. The molecule has 3 N–H and O–H groups in total. The fourth-order valence-corrected chi connectivity index (χ4v) is 1.70. The Morgan fingerprint density at radius 2 is 1.95 bits per heavy atom. The van der Waals surface area contributed by atoms with Crippen molar-refractivity contribution in [1.29, 1.82) is 0 Å². The van der Waals surface area contributed by atoms with Crippen molar-refractivity contribution in [3.63, 3.8) is 0 Å². The van der Waals surface area contributed by atoms with Crippen molar-refractivity contribution in [3.05, 3.63) is 47.9 Å². The highest BCUT2D eigenvalue weighted by molar-refractivity contribution is 5.88. The summed E-state index contributed by atoms with van der Waals surface area (Å²) in [6, 6.07) is 7.30. The fraction of sp³-hybridized carbons (Fsp3) is 0.231. The number of anilines is 1. The van der Waals surface area contributed by atoms with Gasteiger partial charge in [-0.3, -0.25) is 10.4 Å². The van der Waals surface area contributed by atoms with E-state index in [0.717, 1.165) is 5.56 Å². The first-order valence-corrected chi connectivity index (χ1v) is 5.82. The Balaban J connectivity index is 2.04. The first-order chi connectivity index (χ1) is 8.97. The molecule has 6 heteroatoms. The molecule has 100 valence electrons. The number of hydrogen-bond acceptors (Lipinski definition) is 2. The van der Waals surface area contributed by atoms with Gasteiger partial charge in [0.05, 0.1) is 11.7 Å². The van der Waals surface area contributed by atoms with E-state index in [1.165, 1.54) is 12.1 Å². The van der Waals surface area contributed by atoms with Crippen LogP contribution >= 0.6 is 0 Å². The molecule has 0 aliphatic carbocycles. The van der Waals surface area contributed by atoms with Gasteiger partial charge in [-0.1, -0.05) is 12.1 Å². The lowest BCUT2D eigenvalue weighted by Crippen LogP contribution is -2.43. The molecule has 19 heavy (non-hydrogen) atoms. The summed E-state index contributed by atoms with van der Waals surface area (Å²) in [5.41, 5.74) is 0.200. The summed E-state index contributed by atoms with van der Waals surface area (Å²) in [7, 11) is 0. The van der Waals surface area contributed by atoms with E-state index < -0.39 is 5.54 Å². The number of nitrogens with zero attached hydrogens (tertiary/aromatic N) is 1. The van der Waals surface area contributed by atoms with E-state index in [9.17, 15) is 9.18 Å². The lowest BCUT2D eigenvalue weighted by Gasteiger charge is -2.26. The second-order valence-electron chi connectivity index (χ2n) is 4.68. The van der Waals surface area contributed by atoms with Crippen LogP contribution in [0, 0.1) is 5.82 Å². The highest BCUT2D eigenvalue weighted by atomic mass is 19.1. The zero-order valence-corrected chi connectivity index (χ0v) is 10.7. The van der Waals surface area contributed by atoms with E-state index in [-0.39, 0.29) is 11.8 Å². The van der Waals surface area contributed by atoms with Crippen LogP contribution in [0.25, 0.3) is 0 Å². The first-order valence-electron chi connectivity index (χ1n) is 5.82. The van der Waals surface area contributed by atoms with Crippen LogP contribution in [0.3, 0.4) is 0 Å². The molecule has 1 heterocycles. The van der Waals surface area contributed by atoms with E-state index in [4.69, 9.17) is 0 Å². The number of rotatable bonds is 3. The number of amides is 2. The third kappa shape index (κ3) is 3.31. The van der Waals surface area contributed by atoms with Gasteiger partial charge in [0.2, 0.25) is 0 Å². The highest BCUT2D eigenvalue weighted by Gasteiger charge is 2.22. The van der Waals surface area contributed by atoms with Gasteiger partial charge < -0.3 is 5.32 Å². The zero-order chi connectivity index (χ0) is 13.9. The molecule has 0 spiro atoms. The Morgan fingerprint density at radius 3 is 2.53 bits per heavy atom. The molecule has 0 saturated heterocycles. The van der Waals surface area contributed by atoms with E-state index >= 15 is 0 Å². The molecule has 1 aromatic heterocycles. The van der Waals surface area contributed by atoms with Crippen molar-refractivity contribution in [3.8, 4) is 0 Å². The number of hydrogen-bond donors (Lipinski definition) is 3. The highest BCUT2D eigenvalue weighted by Crippen LogP contribution is 2.20. The molecular formula is C13H15FN4O. The van der Waals surface area contributed by atoms with E-state index in [2.05, 4.69) is 20.8 Å². The number of carbonyl (C=O) groups is 1. The first kappa shape index (κ1) is 13.1. The van der Waals surface area contributed by atoms with E-state index in [1.54, 1.807) is 24.4 Å². The van der Waals surface area contributed by atoms with Crippen LogP contribution in [0.15, 0.2) is 36.5 Å². The van der Waals surface area contributed by atoms with Gasteiger partial charge >= 0.3 is 6.03 Å². The van der Waals surface area contributed by atoms with Crippen LogP contribution in [0.5, 0.6) is 0 Å². The lowest BCUT2D eigenvalue weighted by molar-refractivity contribution is 0.241. The van der Waals surface area contributed by atoms with Crippen LogP contribution in [-0.2, 0) is 5.54 Å². The third-order valence-electron chi connectivity index (χ3n) is 2.74. The van der Waals surface area contributed by atoms with Crippen molar-refractivity contribution >= 4 is 11.8 Å². The molecule has 0 aliphatic heterocycles. The Hall–Kier alpha value is -2.37. The Kier molecular flexibility index (Phi) is 3.50. The van der Waals surface area contributed by atoms with Crippen molar-refractivity contribution in [1.82, 2.24) is 15.5 Å². The maximum absolute atomic E-state index is 12.9. The quantitative estimate of drug-likeness (QED) is 0.795. The van der Waals surface area contributed by atoms with Crippen molar-refractivity contribution < 1.29 is 9.18 Å². The lowest BCUT2D eigenvalue weighted by atomic mass is 9.94. The molecule has 2 amide bonds. The van der Waals surface area contributed by atoms with Crippen LogP contribution in [0.2, 0.25) is 0 Å². The number of aromatic nitrogens is 2. The predicted octanol–water partition coefficient (Wildman–Crippen LogP) is 2.61. The average molecular weight is 262 g/mol. The van der Waals surface area contributed by atoms with Crippen molar-refractivity contribution in [2.75, 3.05) is 5.32 Å². The second-order valence-corrected chi connectivity index (χ2v) is 4.68. The van der Waals surface area contributed by atoms with Gasteiger partial charge in [0.25, 0.3) is 0 Å². The van der Waals surface area contributed by atoms with Crippen LogP contribution in [-0.4, -0.2) is 16.2 Å². The number of urea groups is 1. The number of benzene rings is 1. The summed E-state index contributed by atoms with van der Waals surface area (Å²) in [6.45, 7) is 3.68. The topological polar surface area (TPSA) is 69.8 Å². The average Bonchev–Trinajstić information content (AvgIpc) is 2.81. The van der Waals surface area contributed by atoms with Crippen LogP contribution < -0.4 is 10.6 Å². The normalized spacial score (nSPS) is 11.1. The predicted molar refractivity (Wildman–Crippen MR) is 70.2 cm³/mol. The van der Waals surface area contributed by atoms with Gasteiger partial charge in [-0.25, -0.2) is 9.18 Å². The molecule has 0 saturated carbocycles. The molecule has 0 aliphatic rings. The number of carbonyl (C=O) groups excluding carboxylic acids is 1. The minimum atomic E-state index is -0.613. The summed E-state index contributed by atoms with van der Waals surface area (Å²) < 4.78 is 12.9. The smallest absolute Gasteiger partial charge is 0.321 e. The Bertz CT molecular complexity index is 549. The maximum atomic E-state index is 12.9. The molecule has 5 nitrogen and oxygen atoms in total. The summed E-state index contributed by atoms with van der Waals surface area (Å²) in [4.78, 5) is 11.8. The maximum Gasteiger partial charge on any atom is 0.321 e. The van der Waals surface area contributed by atoms with E-state index in [0.29, 0.717) is 5.82 Å². The van der Waals surface area contributed by atoms with Crippen LogP contribution in [0.1, 0.15) is 19.4 Å². The monoisotopic (exact) mass is 262 g/mol. The molecule has 1 aromatic carbocycles. The van der Waals surface area contributed by atoms with Gasteiger partial charge in [0.1, 0.15) is 11.6 Å². The molecule has 0 unspecified atom stereocenters. The number of H-pyrrole nitrogens is 1. The minimum Gasteiger partial charge on any atom is -0.329 e. The molecule has 2 rings (SSSR count). The summed E-state index contributed by atoms with van der Waals surface area (Å²) >= 11 is 0. The fourth-order valence-electron chi connectivity index (χ4n) is 1.70. The summed E-state index contributed by atoms with van der Waals surface area (Å²) in [5.74, 6) is 0.203. The molecule has 0 fully saturated rings. The van der Waals surface area contributed by atoms with Gasteiger partial charge in [-0.15, -0.1) is 0 Å². The van der Waals surface area contributed by atoms with Crippen molar-refractivity contribution in [2.45, 2.75) is 19.4 Å². The van der Waals surface area contributed by atoms with Crippen LogP contribution in [0.4, 0.5) is 15.0 Å². The number of aromatic amines is 1.